The molecule has 1 heterocycles. The summed E-state index contributed by atoms with van der Waals surface area (Å²) >= 11 is 11.9. The fourth-order valence-corrected chi connectivity index (χ4v) is 2.08. The minimum atomic E-state index is -0.833. The first-order valence-corrected chi connectivity index (χ1v) is 8.34. The van der Waals surface area contributed by atoms with Crippen molar-refractivity contribution >= 4 is 34.9 Å². The summed E-state index contributed by atoms with van der Waals surface area (Å²) in [4.78, 5) is 31.3. The molecule has 0 aliphatic heterocycles. The van der Waals surface area contributed by atoms with Crippen molar-refractivity contribution in [3.8, 4) is 11.3 Å². The van der Waals surface area contributed by atoms with Crippen LogP contribution in [0.4, 0.5) is 4.39 Å². The van der Waals surface area contributed by atoms with E-state index in [9.17, 15) is 14.0 Å². The molecule has 0 radical (unpaired) electrons. The summed E-state index contributed by atoms with van der Waals surface area (Å²) in [5.41, 5.74) is 7.12. The van der Waals surface area contributed by atoms with Gasteiger partial charge in [0.15, 0.2) is 5.78 Å². The van der Waals surface area contributed by atoms with E-state index in [1.807, 2.05) is 0 Å². The molecule has 0 aliphatic rings. The van der Waals surface area contributed by atoms with Gasteiger partial charge in [-0.1, -0.05) is 29.3 Å². The third-order valence-electron chi connectivity index (χ3n) is 3.10. The van der Waals surface area contributed by atoms with Crippen molar-refractivity contribution in [3.63, 3.8) is 0 Å². The molecular formula is C17H19Cl2FN4O2. The Labute approximate surface area is 161 Å². The van der Waals surface area contributed by atoms with Gasteiger partial charge < -0.3 is 10.6 Å². The number of rotatable bonds is 5. The van der Waals surface area contributed by atoms with Gasteiger partial charge in [-0.15, -0.1) is 0 Å². The number of benzene rings is 1. The SMILES string of the molecule is CC(=O)CF.CN(CCN)C(=O)c1cc(-c2ccc(Cl)c(Cl)c2)ncn1. The van der Waals surface area contributed by atoms with Gasteiger partial charge in [-0.3, -0.25) is 9.59 Å². The van der Waals surface area contributed by atoms with Gasteiger partial charge in [-0.2, -0.15) is 0 Å². The summed E-state index contributed by atoms with van der Waals surface area (Å²) in [5.74, 6) is -0.617. The normalized spacial score (nSPS) is 9.92. The van der Waals surface area contributed by atoms with Crippen LogP contribution in [0.15, 0.2) is 30.6 Å². The highest BCUT2D eigenvalue weighted by atomic mass is 35.5. The van der Waals surface area contributed by atoms with Crippen molar-refractivity contribution < 1.29 is 14.0 Å². The third-order valence-corrected chi connectivity index (χ3v) is 3.84. The summed E-state index contributed by atoms with van der Waals surface area (Å²) in [6.45, 7) is 1.23. The fourth-order valence-electron chi connectivity index (χ4n) is 1.78. The molecule has 9 heteroatoms. The second kappa shape index (κ2) is 10.8. The molecule has 0 atom stereocenters. The summed E-state index contributed by atoms with van der Waals surface area (Å²) < 4.78 is 10.8. The zero-order chi connectivity index (χ0) is 19.7. The predicted molar refractivity (Wildman–Crippen MR) is 100 cm³/mol. The summed E-state index contributed by atoms with van der Waals surface area (Å²) in [5, 5.41) is 0.898. The maximum absolute atomic E-state index is 12.2. The maximum atomic E-state index is 12.2. The van der Waals surface area contributed by atoms with Crippen molar-refractivity contribution in [1.29, 1.82) is 0 Å². The highest BCUT2D eigenvalue weighted by Gasteiger charge is 2.14. The number of amides is 1. The number of likely N-dealkylation sites (N-methyl/N-ethyl adjacent to an activating group) is 1. The van der Waals surface area contributed by atoms with Gasteiger partial charge in [0.2, 0.25) is 0 Å². The molecule has 2 aromatic rings. The van der Waals surface area contributed by atoms with E-state index >= 15 is 0 Å². The molecule has 0 aliphatic carbocycles. The molecule has 0 fully saturated rings. The topological polar surface area (TPSA) is 89.2 Å². The first kappa shape index (κ1) is 22.0. The van der Waals surface area contributed by atoms with Crippen molar-refractivity contribution in [2.24, 2.45) is 5.73 Å². The van der Waals surface area contributed by atoms with Crippen LogP contribution >= 0.6 is 23.2 Å². The molecule has 2 rings (SSSR count). The zero-order valence-electron chi connectivity index (χ0n) is 14.4. The Morgan fingerprint density at radius 3 is 2.38 bits per heavy atom. The molecule has 0 saturated carbocycles. The van der Waals surface area contributed by atoms with E-state index in [1.165, 1.54) is 18.2 Å². The highest BCUT2D eigenvalue weighted by molar-refractivity contribution is 6.42. The maximum Gasteiger partial charge on any atom is 0.272 e. The number of carbonyl (C=O) groups excluding carboxylic acids is 2. The molecule has 2 N–H and O–H groups in total. The minimum Gasteiger partial charge on any atom is -0.339 e. The van der Waals surface area contributed by atoms with E-state index < -0.39 is 12.5 Å². The molecular weight excluding hydrogens is 382 g/mol. The van der Waals surface area contributed by atoms with E-state index in [2.05, 4.69) is 9.97 Å². The lowest BCUT2D eigenvalue weighted by Crippen LogP contribution is -2.32. The van der Waals surface area contributed by atoms with Crippen LogP contribution in [0.25, 0.3) is 11.3 Å². The summed E-state index contributed by atoms with van der Waals surface area (Å²) in [6.07, 6.45) is 1.35. The van der Waals surface area contributed by atoms with Crippen LogP contribution in [0.2, 0.25) is 10.0 Å². The van der Waals surface area contributed by atoms with E-state index in [0.717, 1.165) is 5.56 Å². The number of ketones is 1. The monoisotopic (exact) mass is 400 g/mol. The molecule has 0 unspecified atom stereocenters. The molecule has 0 spiro atoms. The van der Waals surface area contributed by atoms with Gasteiger partial charge in [-0.05, 0) is 25.1 Å². The Morgan fingerprint density at radius 2 is 1.85 bits per heavy atom. The average Bonchev–Trinajstić information content (AvgIpc) is 2.64. The molecule has 6 nitrogen and oxygen atoms in total. The molecule has 1 aromatic carbocycles. The van der Waals surface area contributed by atoms with E-state index in [4.69, 9.17) is 28.9 Å². The molecule has 0 bridgehead atoms. The van der Waals surface area contributed by atoms with Crippen molar-refractivity contribution in [2.45, 2.75) is 6.92 Å². The number of carbonyl (C=O) groups is 2. The number of Topliss-reactive ketones (excluding diaryl/α,β-unsaturated/α-hetero) is 1. The second-order valence-corrected chi connectivity index (χ2v) is 6.08. The van der Waals surface area contributed by atoms with E-state index in [-0.39, 0.29) is 5.91 Å². The number of hydrogen-bond acceptors (Lipinski definition) is 5. The number of nitrogens with zero attached hydrogens (tertiary/aromatic N) is 3. The van der Waals surface area contributed by atoms with Crippen molar-refractivity contribution in [1.82, 2.24) is 14.9 Å². The lowest BCUT2D eigenvalue weighted by atomic mass is 10.1. The lowest BCUT2D eigenvalue weighted by Gasteiger charge is -2.15. The Hall–Kier alpha value is -2.09. The molecule has 140 valence electrons. The van der Waals surface area contributed by atoms with Gasteiger partial charge in [0.1, 0.15) is 18.7 Å². The summed E-state index contributed by atoms with van der Waals surface area (Å²) in [6, 6.07) is 6.79. The van der Waals surface area contributed by atoms with Crippen LogP contribution in [0.5, 0.6) is 0 Å². The Kier molecular flexibility index (Phi) is 9.12. The van der Waals surface area contributed by atoms with Gasteiger partial charge in [-0.25, -0.2) is 14.4 Å². The van der Waals surface area contributed by atoms with Crippen molar-refractivity contribution in [2.75, 3.05) is 26.8 Å². The lowest BCUT2D eigenvalue weighted by molar-refractivity contribution is -0.117. The average molecular weight is 401 g/mol. The van der Waals surface area contributed by atoms with Crippen LogP contribution in [0.1, 0.15) is 17.4 Å². The van der Waals surface area contributed by atoms with Gasteiger partial charge in [0, 0.05) is 25.7 Å². The minimum absolute atomic E-state index is 0.204. The third kappa shape index (κ3) is 6.67. The Morgan fingerprint density at radius 1 is 1.19 bits per heavy atom. The number of aromatic nitrogens is 2. The zero-order valence-corrected chi connectivity index (χ0v) is 15.9. The van der Waals surface area contributed by atoms with Crippen LogP contribution in [-0.4, -0.2) is 53.4 Å². The smallest absolute Gasteiger partial charge is 0.272 e. The highest BCUT2D eigenvalue weighted by Crippen LogP contribution is 2.27. The standard InChI is InChI=1S/C14H14Cl2N4O.C3H5FO/c1-20(5-4-17)14(21)13-7-12(18-8-19-13)9-2-3-10(15)11(16)6-9;1-3(5)2-4/h2-3,6-8H,4-5,17H2,1H3;2H2,1H3. The molecule has 1 aromatic heterocycles. The Bertz CT molecular complexity index is 774. The Balaban J connectivity index is 0.000000597. The van der Waals surface area contributed by atoms with Crippen LogP contribution < -0.4 is 5.73 Å². The first-order valence-electron chi connectivity index (χ1n) is 7.58. The quantitative estimate of drug-likeness (QED) is 0.832. The molecule has 1 amide bonds. The number of hydrogen-bond donors (Lipinski definition) is 1. The van der Waals surface area contributed by atoms with E-state index in [0.29, 0.717) is 34.5 Å². The van der Waals surface area contributed by atoms with Crippen LogP contribution in [0.3, 0.4) is 0 Å². The van der Waals surface area contributed by atoms with Crippen molar-refractivity contribution in [3.05, 3.63) is 46.3 Å². The number of alkyl halides is 1. The largest absolute Gasteiger partial charge is 0.339 e. The van der Waals surface area contributed by atoms with Crippen LogP contribution in [-0.2, 0) is 4.79 Å². The number of halogens is 3. The van der Waals surface area contributed by atoms with Crippen LogP contribution in [0, 0.1) is 0 Å². The molecule has 0 saturated heterocycles. The van der Waals surface area contributed by atoms with Gasteiger partial charge in [0.05, 0.1) is 15.7 Å². The van der Waals surface area contributed by atoms with Gasteiger partial charge >= 0.3 is 0 Å². The first-order chi connectivity index (χ1) is 12.3. The van der Waals surface area contributed by atoms with E-state index in [1.54, 1.807) is 31.3 Å². The predicted octanol–water partition coefficient (Wildman–Crippen LogP) is 3.03. The second-order valence-electron chi connectivity index (χ2n) is 5.27. The number of nitrogens with two attached hydrogens (primary N) is 1. The molecule has 26 heavy (non-hydrogen) atoms. The van der Waals surface area contributed by atoms with Gasteiger partial charge in [0.25, 0.3) is 5.91 Å². The fraction of sp³-hybridized carbons (Fsp3) is 0.294. The summed E-state index contributed by atoms with van der Waals surface area (Å²) in [7, 11) is 1.68.